The first kappa shape index (κ1) is 12.0. The van der Waals surface area contributed by atoms with Crippen LogP contribution in [-0.2, 0) is 0 Å². The molecule has 0 spiro atoms. The maximum absolute atomic E-state index is 12.0. The first-order valence-electron chi connectivity index (χ1n) is 5.35. The number of carbonyl (C=O) groups excluding carboxylic acids is 1. The highest BCUT2D eigenvalue weighted by molar-refractivity contribution is 7.99. The van der Waals surface area contributed by atoms with Crippen LogP contribution >= 0.6 is 23.4 Å². The number of hydrogen-bond acceptors (Lipinski definition) is 3. The summed E-state index contributed by atoms with van der Waals surface area (Å²) >= 11 is 7.76. The van der Waals surface area contributed by atoms with Gasteiger partial charge in [-0.15, -0.1) is 0 Å². The van der Waals surface area contributed by atoms with Gasteiger partial charge in [-0.3, -0.25) is 4.79 Å². The van der Waals surface area contributed by atoms with Crippen molar-refractivity contribution in [1.29, 1.82) is 0 Å². The van der Waals surface area contributed by atoms with E-state index >= 15 is 0 Å². The van der Waals surface area contributed by atoms with Gasteiger partial charge < -0.3 is 5.32 Å². The molecule has 1 aromatic carbocycles. The van der Waals surface area contributed by atoms with Gasteiger partial charge >= 0.3 is 0 Å². The fraction of sp³-hybridized carbons (Fsp3) is 0.417. The number of ketones is 1. The molecule has 1 aliphatic heterocycles. The van der Waals surface area contributed by atoms with Crippen LogP contribution in [0.25, 0.3) is 0 Å². The van der Waals surface area contributed by atoms with Crippen molar-refractivity contribution in [2.75, 3.05) is 18.1 Å². The molecule has 2 nitrogen and oxygen atoms in total. The topological polar surface area (TPSA) is 29.1 Å². The Morgan fingerprint density at radius 3 is 3.12 bits per heavy atom. The number of carbonyl (C=O) groups is 1. The maximum atomic E-state index is 12.0. The molecule has 2 rings (SSSR count). The molecule has 0 bridgehead atoms. The molecule has 0 aliphatic carbocycles. The number of thioether (sulfide) groups is 1. The highest BCUT2D eigenvalue weighted by Crippen LogP contribution is 2.16. The molecule has 86 valence electrons. The lowest BCUT2D eigenvalue weighted by atomic mass is 10.0. The van der Waals surface area contributed by atoms with Crippen molar-refractivity contribution in [3.8, 4) is 0 Å². The van der Waals surface area contributed by atoms with Crippen molar-refractivity contribution >= 4 is 29.1 Å². The Morgan fingerprint density at radius 1 is 1.56 bits per heavy atom. The van der Waals surface area contributed by atoms with Crippen LogP contribution in [0.3, 0.4) is 0 Å². The Hall–Kier alpha value is -0.510. The van der Waals surface area contributed by atoms with Gasteiger partial charge in [0.25, 0.3) is 0 Å². The Balaban J connectivity index is 1.97. The summed E-state index contributed by atoms with van der Waals surface area (Å²) in [6.45, 7) is 0.998. The zero-order chi connectivity index (χ0) is 11.4. The second-order valence-electron chi connectivity index (χ2n) is 3.86. The summed E-state index contributed by atoms with van der Waals surface area (Å²) in [5, 5.41) is 3.98. The molecule has 1 saturated heterocycles. The first-order chi connectivity index (χ1) is 7.75. The zero-order valence-electron chi connectivity index (χ0n) is 8.91. The van der Waals surface area contributed by atoms with Crippen molar-refractivity contribution in [3.63, 3.8) is 0 Å². The average molecular weight is 256 g/mol. The molecule has 1 aliphatic rings. The molecule has 0 aromatic heterocycles. The summed E-state index contributed by atoms with van der Waals surface area (Å²) in [6.07, 6.45) is 0.563. The van der Waals surface area contributed by atoms with Crippen molar-refractivity contribution < 1.29 is 4.79 Å². The minimum Gasteiger partial charge on any atom is -0.312 e. The second-order valence-corrected chi connectivity index (χ2v) is 5.45. The van der Waals surface area contributed by atoms with E-state index in [1.165, 1.54) is 0 Å². The first-order valence-corrected chi connectivity index (χ1v) is 6.89. The monoisotopic (exact) mass is 255 g/mol. The minimum atomic E-state index is 0.169. The molecular weight excluding hydrogens is 242 g/mol. The summed E-state index contributed by atoms with van der Waals surface area (Å²) in [4.78, 5) is 12.0. The third-order valence-electron chi connectivity index (χ3n) is 2.58. The lowest BCUT2D eigenvalue weighted by Crippen LogP contribution is -2.38. The number of hydrogen-bond donors (Lipinski definition) is 1. The van der Waals surface area contributed by atoms with Gasteiger partial charge in [0.05, 0.1) is 0 Å². The van der Waals surface area contributed by atoms with Gasteiger partial charge in [-0.2, -0.15) is 11.8 Å². The normalized spacial score (nSPS) is 20.7. The SMILES string of the molecule is O=C(CC1CSCCN1)c1cccc(Cl)c1. The van der Waals surface area contributed by atoms with Crippen LogP contribution in [0.2, 0.25) is 5.02 Å². The van der Waals surface area contributed by atoms with Crippen molar-refractivity contribution in [2.45, 2.75) is 12.5 Å². The molecule has 16 heavy (non-hydrogen) atoms. The third kappa shape index (κ3) is 3.24. The molecule has 0 amide bonds. The van der Waals surface area contributed by atoms with Crippen molar-refractivity contribution in [3.05, 3.63) is 34.9 Å². The number of benzene rings is 1. The molecule has 4 heteroatoms. The molecule has 1 N–H and O–H groups in total. The third-order valence-corrected chi connectivity index (χ3v) is 3.94. The van der Waals surface area contributed by atoms with Gasteiger partial charge in [-0.05, 0) is 12.1 Å². The van der Waals surface area contributed by atoms with Gasteiger partial charge in [-0.1, -0.05) is 23.7 Å². The standard InChI is InChI=1S/C12H14ClNOS/c13-10-3-1-2-9(6-10)12(15)7-11-8-16-5-4-14-11/h1-3,6,11,14H,4-5,7-8H2. The number of nitrogens with one attached hydrogen (secondary N) is 1. The van der Waals surface area contributed by atoms with Crippen molar-refractivity contribution in [1.82, 2.24) is 5.32 Å². The lowest BCUT2D eigenvalue weighted by Gasteiger charge is -2.22. The summed E-state index contributed by atoms with van der Waals surface area (Å²) in [5.74, 6) is 2.33. The van der Waals surface area contributed by atoms with Gasteiger partial charge in [0.2, 0.25) is 0 Å². The second kappa shape index (κ2) is 5.71. The van der Waals surface area contributed by atoms with Crippen LogP contribution in [0.1, 0.15) is 16.8 Å². The van der Waals surface area contributed by atoms with Crippen LogP contribution in [-0.4, -0.2) is 29.9 Å². The van der Waals surface area contributed by atoms with E-state index in [9.17, 15) is 4.79 Å². The Labute approximate surface area is 105 Å². The predicted molar refractivity (Wildman–Crippen MR) is 69.5 cm³/mol. The summed E-state index contributed by atoms with van der Waals surface area (Å²) < 4.78 is 0. The number of halogens is 1. The summed E-state index contributed by atoms with van der Waals surface area (Å²) in [5.41, 5.74) is 0.713. The Kier molecular flexibility index (Phi) is 4.27. The quantitative estimate of drug-likeness (QED) is 0.842. The zero-order valence-corrected chi connectivity index (χ0v) is 10.5. The lowest BCUT2D eigenvalue weighted by molar-refractivity contribution is 0.0972. The molecule has 0 radical (unpaired) electrons. The van der Waals surface area contributed by atoms with E-state index < -0.39 is 0 Å². The van der Waals surface area contributed by atoms with E-state index in [1.54, 1.807) is 12.1 Å². The van der Waals surface area contributed by atoms with Crippen molar-refractivity contribution in [2.24, 2.45) is 0 Å². The Bertz CT molecular complexity index is 377. The fourth-order valence-electron chi connectivity index (χ4n) is 1.75. The Morgan fingerprint density at radius 2 is 2.44 bits per heavy atom. The van der Waals surface area contributed by atoms with E-state index in [-0.39, 0.29) is 5.78 Å². The van der Waals surface area contributed by atoms with Crippen LogP contribution in [0.5, 0.6) is 0 Å². The van der Waals surface area contributed by atoms with E-state index in [4.69, 9.17) is 11.6 Å². The van der Waals surface area contributed by atoms with Gasteiger partial charge in [-0.25, -0.2) is 0 Å². The van der Waals surface area contributed by atoms with Crippen LogP contribution < -0.4 is 5.32 Å². The van der Waals surface area contributed by atoms with Crippen LogP contribution in [0.15, 0.2) is 24.3 Å². The summed E-state index contributed by atoms with van der Waals surface area (Å²) in [6, 6.07) is 7.47. The fourth-order valence-corrected chi connectivity index (χ4v) is 2.89. The van der Waals surface area contributed by atoms with Crippen LogP contribution in [0.4, 0.5) is 0 Å². The molecule has 0 saturated carbocycles. The minimum absolute atomic E-state index is 0.169. The predicted octanol–water partition coefficient (Wildman–Crippen LogP) is 2.62. The highest BCUT2D eigenvalue weighted by atomic mass is 35.5. The van der Waals surface area contributed by atoms with E-state index in [1.807, 2.05) is 23.9 Å². The largest absolute Gasteiger partial charge is 0.312 e. The van der Waals surface area contributed by atoms with E-state index in [2.05, 4.69) is 5.32 Å². The van der Waals surface area contributed by atoms with Gasteiger partial charge in [0.15, 0.2) is 5.78 Å². The molecule has 1 unspecified atom stereocenters. The van der Waals surface area contributed by atoms with E-state index in [0.717, 1.165) is 18.1 Å². The van der Waals surface area contributed by atoms with Crippen LogP contribution in [0, 0.1) is 0 Å². The molecule has 1 atom stereocenters. The smallest absolute Gasteiger partial charge is 0.164 e. The molecule has 1 fully saturated rings. The van der Waals surface area contributed by atoms with Gasteiger partial charge in [0, 0.05) is 41.1 Å². The molecular formula is C12H14ClNOS. The number of Topliss-reactive ketones (excluding diaryl/α,β-unsaturated/α-hetero) is 1. The maximum Gasteiger partial charge on any atom is 0.164 e. The summed E-state index contributed by atoms with van der Waals surface area (Å²) in [7, 11) is 0. The molecule has 1 heterocycles. The average Bonchev–Trinajstić information content (AvgIpc) is 2.30. The van der Waals surface area contributed by atoms with Gasteiger partial charge in [0.1, 0.15) is 0 Å². The van der Waals surface area contributed by atoms with E-state index in [0.29, 0.717) is 23.0 Å². The highest BCUT2D eigenvalue weighted by Gasteiger charge is 2.17. The number of rotatable bonds is 3. The molecule has 1 aromatic rings.